The number of carbonyl (C=O) groups is 1. The molecule has 1 amide bonds. The minimum Gasteiger partial charge on any atom is -0.396 e. The fourth-order valence-electron chi connectivity index (χ4n) is 1.70. The van der Waals surface area contributed by atoms with Gasteiger partial charge in [-0.25, -0.2) is 9.37 Å². The molecule has 0 bridgehead atoms. The largest absolute Gasteiger partial charge is 0.396 e. The van der Waals surface area contributed by atoms with Crippen LogP contribution in [0, 0.1) is 11.2 Å². The Bertz CT molecular complexity index is 641. The lowest BCUT2D eigenvalue weighted by Gasteiger charge is -2.21. The molecule has 2 rings (SSSR count). The van der Waals surface area contributed by atoms with Crippen LogP contribution in [0.4, 0.5) is 4.39 Å². The molecule has 0 spiro atoms. The lowest BCUT2D eigenvalue weighted by Crippen LogP contribution is -2.36. The lowest BCUT2D eigenvalue weighted by molar-refractivity contribution is 0.0906. The van der Waals surface area contributed by atoms with E-state index in [0.717, 1.165) is 0 Å². The summed E-state index contributed by atoms with van der Waals surface area (Å²) in [5, 5.41) is 12.5. The summed E-state index contributed by atoms with van der Waals surface area (Å²) in [6, 6.07) is 7.87. The Morgan fingerprint density at radius 1 is 1.35 bits per heavy atom. The van der Waals surface area contributed by atoms with Crippen LogP contribution in [0.2, 0.25) is 0 Å². The minimum absolute atomic E-state index is 0.0347. The molecule has 0 aliphatic heterocycles. The summed E-state index contributed by atoms with van der Waals surface area (Å²) in [7, 11) is 0. The van der Waals surface area contributed by atoms with Gasteiger partial charge < -0.3 is 10.4 Å². The van der Waals surface area contributed by atoms with Gasteiger partial charge in [-0.15, -0.1) is 0 Å². The Balaban J connectivity index is 2.21. The maximum atomic E-state index is 13.6. The molecule has 0 saturated heterocycles. The van der Waals surface area contributed by atoms with Crippen molar-refractivity contribution < 1.29 is 14.3 Å². The van der Waals surface area contributed by atoms with E-state index >= 15 is 0 Å². The van der Waals surface area contributed by atoms with E-state index in [4.69, 9.17) is 5.11 Å². The number of amides is 1. The average Bonchev–Trinajstić information content (AvgIpc) is 2.45. The van der Waals surface area contributed by atoms with E-state index in [9.17, 15) is 9.18 Å². The smallest absolute Gasteiger partial charge is 0.269 e. The van der Waals surface area contributed by atoms with Crippen molar-refractivity contribution in [3.8, 4) is 0 Å². The van der Waals surface area contributed by atoms with Gasteiger partial charge in [0.1, 0.15) is 17.0 Å². The van der Waals surface area contributed by atoms with Crippen LogP contribution in [-0.4, -0.2) is 29.1 Å². The molecular formula is C15H17FN2O2. The van der Waals surface area contributed by atoms with Gasteiger partial charge in [-0.05, 0) is 12.1 Å². The Morgan fingerprint density at radius 2 is 2.10 bits per heavy atom. The topological polar surface area (TPSA) is 62.2 Å². The molecule has 1 aromatic carbocycles. The lowest BCUT2D eigenvalue weighted by atomic mass is 9.95. The Labute approximate surface area is 116 Å². The third kappa shape index (κ3) is 3.11. The van der Waals surface area contributed by atoms with Crippen molar-refractivity contribution in [3.63, 3.8) is 0 Å². The number of halogens is 1. The molecule has 20 heavy (non-hydrogen) atoms. The van der Waals surface area contributed by atoms with Gasteiger partial charge in [-0.2, -0.15) is 0 Å². The first-order chi connectivity index (χ1) is 9.43. The number of fused-ring (bicyclic) bond motifs is 1. The summed E-state index contributed by atoms with van der Waals surface area (Å²) >= 11 is 0. The van der Waals surface area contributed by atoms with Crippen LogP contribution in [0.5, 0.6) is 0 Å². The van der Waals surface area contributed by atoms with Crippen LogP contribution in [0.15, 0.2) is 30.3 Å². The SMILES string of the molecule is CC(C)(CO)CNC(=O)c1ccc2cccc(F)c2n1. The second-order valence-electron chi connectivity index (χ2n) is 5.51. The third-order valence-corrected chi connectivity index (χ3v) is 3.06. The average molecular weight is 276 g/mol. The standard InChI is InChI=1S/C15H17FN2O2/c1-15(2,9-19)8-17-14(20)12-7-6-10-4-3-5-11(16)13(10)18-12/h3-7,19H,8-9H2,1-2H3,(H,17,20). The molecule has 2 aromatic rings. The summed E-state index contributed by atoms with van der Waals surface area (Å²) in [6.45, 7) is 3.95. The maximum Gasteiger partial charge on any atom is 0.269 e. The maximum absolute atomic E-state index is 13.6. The summed E-state index contributed by atoms with van der Waals surface area (Å²) in [5.74, 6) is -0.829. The van der Waals surface area contributed by atoms with Crippen molar-refractivity contribution in [1.82, 2.24) is 10.3 Å². The van der Waals surface area contributed by atoms with Gasteiger partial charge in [-0.3, -0.25) is 4.79 Å². The molecule has 4 nitrogen and oxygen atoms in total. The van der Waals surface area contributed by atoms with Gasteiger partial charge in [0.25, 0.3) is 5.91 Å². The van der Waals surface area contributed by atoms with Crippen molar-refractivity contribution >= 4 is 16.8 Å². The van der Waals surface area contributed by atoms with Crippen molar-refractivity contribution in [2.75, 3.05) is 13.2 Å². The van der Waals surface area contributed by atoms with Crippen molar-refractivity contribution in [2.24, 2.45) is 5.41 Å². The molecule has 1 aromatic heterocycles. The number of hydrogen-bond donors (Lipinski definition) is 2. The first kappa shape index (κ1) is 14.4. The summed E-state index contributed by atoms with van der Waals surface area (Å²) in [4.78, 5) is 16.0. The highest BCUT2D eigenvalue weighted by Crippen LogP contribution is 2.16. The number of nitrogens with zero attached hydrogens (tertiary/aromatic N) is 1. The van der Waals surface area contributed by atoms with Crippen molar-refractivity contribution in [1.29, 1.82) is 0 Å². The molecular weight excluding hydrogens is 259 g/mol. The molecule has 0 aliphatic carbocycles. The predicted octanol–water partition coefficient (Wildman–Crippen LogP) is 2.12. The van der Waals surface area contributed by atoms with Crippen LogP contribution in [0.1, 0.15) is 24.3 Å². The highest BCUT2D eigenvalue weighted by Gasteiger charge is 2.18. The Hall–Kier alpha value is -2.01. The molecule has 1 heterocycles. The fraction of sp³-hybridized carbons (Fsp3) is 0.333. The number of aromatic nitrogens is 1. The zero-order valence-electron chi connectivity index (χ0n) is 11.5. The van der Waals surface area contributed by atoms with Crippen LogP contribution in [-0.2, 0) is 0 Å². The normalized spacial score (nSPS) is 11.6. The molecule has 0 fully saturated rings. The second kappa shape index (κ2) is 5.54. The number of aliphatic hydroxyl groups is 1. The van der Waals surface area contributed by atoms with Crippen molar-refractivity contribution in [3.05, 3.63) is 41.8 Å². The predicted molar refractivity (Wildman–Crippen MR) is 74.9 cm³/mol. The molecule has 0 saturated carbocycles. The van der Waals surface area contributed by atoms with Crippen LogP contribution >= 0.6 is 0 Å². The van der Waals surface area contributed by atoms with E-state index in [1.807, 2.05) is 13.8 Å². The molecule has 106 valence electrons. The zero-order valence-corrected chi connectivity index (χ0v) is 11.5. The Morgan fingerprint density at radius 3 is 2.80 bits per heavy atom. The van der Waals surface area contributed by atoms with Gasteiger partial charge in [0, 0.05) is 24.0 Å². The molecule has 0 radical (unpaired) electrons. The monoisotopic (exact) mass is 276 g/mol. The molecule has 0 unspecified atom stereocenters. The van der Waals surface area contributed by atoms with Gasteiger partial charge in [-0.1, -0.05) is 32.0 Å². The Kier molecular flexibility index (Phi) is 3.99. The van der Waals surface area contributed by atoms with E-state index < -0.39 is 11.2 Å². The van der Waals surface area contributed by atoms with E-state index in [2.05, 4.69) is 10.3 Å². The number of para-hydroxylation sites is 1. The highest BCUT2D eigenvalue weighted by atomic mass is 19.1. The fourth-order valence-corrected chi connectivity index (χ4v) is 1.70. The first-order valence-electron chi connectivity index (χ1n) is 6.37. The number of nitrogens with one attached hydrogen (secondary N) is 1. The number of pyridine rings is 1. The van der Waals surface area contributed by atoms with Crippen LogP contribution in [0.25, 0.3) is 10.9 Å². The summed E-state index contributed by atoms with van der Waals surface area (Å²) < 4.78 is 13.6. The number of hydrogen-bond acceptors (Lipinski definition) is 3. The molecule has 0 atom stereocenters. The zero-order chi connectivity index (χ0) is 14.8. The second-order valence-corrected chi connectivity index (χ2v) is 5.51. The van der Waals surface area contributed by atoms with Gasteiger partial charge in [0.15, 0.2) is 0 Å². The van der Waals surface area contributed by atoms with Gasteiger partial charge in [0.2, 0.25) is 0 Å². The molecule has 5 heteroatoms. The summed E-state index contributed by atoms with van der Waals surface area (Å²) in [6.07, 6.45) is 0. The first-order valence-corrected chi connectivity index (χ1v) is 6.37. The van der Waals surface area contributed by atoms with E-state index in [1.54, 1.807) is 24.3 Å². The number of benzene rings is 1. The minimum atomic E-state index is -0.451. The highest BCUT2D eigenvalue weighted by molar-refractivity contribution is 5.94. The van der Waals surface area contributed by atoms with Crippen LogP contribution in [0.3, 0.4) is 0 Å². The molecule has 0 aliphatic rings. The third-order valence-electron chi connectivity index (χ3n) is 3.06. The van der Waals surface area contributed by atoms with E-state index in [0.29, 0.717) is 11.9 Å². The molecule has 2 N–H and O–H groups in total. The summed E-state index contributed by atoms with van der Waals surface area (Å²) in [5.41, 5.74) is -0.0597. The van der Waals surface area contributed by atoms with Crippen molar-refractivity contribution in [2.45, 2.75) is 13.8 Å². The van der Waals surface area contributed by atoms with Gasteiger partial charge >= 0.3 is 0 Å². The van der Waals surface area contributed by atoms with E-state index in [1.165, 1.54) is 6.07 Å². The van der Waals surface area contributed by atoms with E-state index in [-0.39, 0.29) is 23.7 Å². The number of rotatable bonds is 4. The number of aliphatic hydroxyl groups excluding tert-OH is 1. The number of carbonyl (C=O) groups excluding carboxylic acids is 1. The van der Waals surface area contributed by atoms with Gasteiger partial charge in [0.05, 0.1) is 0 Å². The van der Waals surface area contributed by atoms with Crippen LogP contribution < -0.4 is 5.32 Å². The quantitative estimate of drug-likeness (QED) is 0.899.